The topological polar surface area (TPSA) is 68.8 Å². The number of nitrogens with one attached hydrogen (secondary N) is 2. The van der Waals surface area contributed by atoms with E-state index in [-0.39, 0.29) is 5.56 Å². The van der Waals surface area contributed by atoms with E-state index in [0.717, 1.165) is 11.3 Å². The number of esters is 1. The normalized spacial score (nSPS) is 10.0. The van der Waals surface area contributed by atoms with Crippen molar-refractivity contribution in [3.63, 3.8) is 0 Å². The number of thiocarbonyl (C=S) groups is 1. The molecule has 0 aliphatic carbocycles. The summed E-state index contributed by atoms with van der Waals surface area (Å²) in [6.45, 7) is 4.02. The second-order valence-electron chi connectivity index (χ2n) is 5.64. The monoisotopic (exact) mass is 374 g/mol. The summed E-state index contributed by atoms with van der Waals surface area (Å²) >= 11 is 5.39. The number of carbonyl (C=O) groups is 1. The molecule has 7 heteroatoms. The largest absolute Gasteiger partial charge is 0.493 e. The SMILES string of the molecule is COC(=O)c1cc(OC)c(OC)cc1NC(=S)Nc1ccc(C)cc1C. The summed E-state index contributed by atoms with van der Waals surface area (Å²) in [5.41, 5.74) is 3.86. The highest BCUT2D eigenvalue weighted by Gasteiger charge is 2.18. The van der Waals surface area contributed by atoms with Crippen LogP contribution in [0.2, 0.25) is 0 Å². The van der Waals surface area contributed by atoms with Crippen molar-refractivity contribution in [3.8, 4) is 11.5 Å². The van der Waals surface area contributed by atoms with Crippen LogP contribution in [0.3, 0.4) is 0 Å². The van der Waals surface area contributed by atoms with Gasteiger partial charge in [0.15, 0.2) is 16.6 Å². The Morgan fingerprint density at radius 3 is 2.12 bits per heavy atom. The van der Waals surface area contributed by atoms with Crippen LogP contribution in [0.1, 0.15) is 21.5 Å². The molecule has 0 aliphatic rings. The molecule has 138 valence electrons. The van der Waals surface area contributed by atoms with Gasteiger partial charge in [-0.2, -0.15) is 0 Å². The quantitative estimate of drug-likeness (QED) is 0.607. The Morgan fingerprint density at radius 2 is 1.54 bits per heavy atom. The second kappa shape index (κ2) is 8.53. The third-order valence-corrected chi connectivity index (χ3v) is 4.01. The average molecular weight is 374 g/mol. The number of carbonyl (C=O) groups excluding carboxylic acids is 1. The van der Waals surface area contributed by atoms with Gasteiger partial charge in [-0.25, -0.2) is 4.79 Å². The summed E-state index contributed by atoms with van der Waals surface area (Å²) in [7, 11) is 4.33. The number of benzene rings is 2. The van der Waals surface area contributed by atoms with E-state index in [4.69, 9.17) is 26.4 Å². The van der Waals surface area contributed by atoms with Crippen molar-refractivity contribution in [2.75, 3.05) is 32.0 Å². The fraction of sp³-hybridized carbons (Fsp3) is 0.263. The predicted molar refractivity (Wildman–Crippen MR) is 107 cm³/mol. The van der Waals surface area contributed by atoms with E-state index in [2.05, 4.69) is 16.7 Å². The molecule has 0 heterocycles. The molecule has 0 saturated heterocycles. The lowest BCUT2D eigenvalue weighted by Crippen LogP contribution is -2.21. The minimum atomic E-state index is -0.511. The van der Waals surface area contributed by atoms with Gasteiger partial charge in [0.05, 0.1) is 32.6 Å². The first-order valence-electron chi connectivity index (χ1n) is 7.89. The highest BCUT2D eigenvalue weighted by atomic mass is 32.1. The molecule has 6 nitrogen and oxygen atoms in total. The van der Waals surface area contributed by atoms with Crippen molar-refractivity contribution in [3.05, 3.63) is 47.0 Å². The molecule has 0 unspecified atom stereocenters. The minimum absolute atomic E-state index is 0.287. The van der Waals surface area contributed by atoms with E-state index < -0.39 is 5.97 Å². The molecule has 2 aromatic rings. The van der Waals surface area contributed by atoms with Gasteiger partial charge in [-0.3, -0.25) is 0 Å². The Hall–Kier alpha value is -2.80. The number of hydrogen-bond acceptors (Lipinski definition) is 5. The summed E-state index contributed by atoms with van der Waals surface area (Å²) in [6.07, 6.45) is 0. The Balaban J connectivity index is 2.31. The Kier molecular flexibility index (Phi) is 6.41. The molecular formula is C19H22N2O4S. The van der Waals surface area contributed by atoms with E-state index in [9.17, 15) is 4.79 Å². The van der Waals surface area contributed by atoms with E-state index >= 15 is 0 Å². The molecule has 2 rings (SSSR count). The van der Waals surface area contributed by atoms with E-state index in [1.807, 2.05) is 26.0 Å². The number of anilines is 2. The summed E-state index contributed by atoms with van der Waals surface area (Å²) in [6, 6.07) is 9.19. The molecule has 0 saturated carbocycles. The molecular weight excluding hydrogens is 352 g/mol. The van der Waals surface area contributed by atoms with Gasteiger partial charge in [0.1, 0.15) is 0 Å². The number of ether oxygens (including phenoxy) is 3. The molecule has 2 aromatic carbocycles. The highest BCUT2D eigenvalue weighted by molar-refractivity contribution is 7.80. The van der Waals surface area contributed by atoms with Crippen LogP contribution in [0.15, 0.2) is 30.3 Å². The zero-order valence-electron chi connectivity index (χ0n) is 15.4. The maximum Gasteiger partial charge on any atom is 0.340 e. The van der Waals surface area contributed by atoms with Crippen molar-refractivity contribution >= 4 is 34.7 Å². The zero-order valence-corrected chi connectivity index (χ0v) is 16.2. The van der Waals surface area contributed by atoms with Gasteiger partial charge in [0.25, 0.3) is 0 Å². The molecule has 26 heavy (non-hydrogen) atoms. The maximum atomic E-state index is 12.1. The fourth-order valence-electron chi connectivity index (χ4n) is 2.49. The molecule has 2 N–H and O–H groups in total. The van der Waals surface area contributed by atoms with Gasteiger partial charge >= 0.3 is 5.97 Å². The second-order valence-corrected chi connectivity index (χ2v) is 6.05. The van der Waals surface area contributed by atoms with Crippen LogP contribution in [0.4, 0.5) is 11.4 Å². The molecule has 0 fully saturated rings. The fourth-order valence-corrected chi connectivity index (χ4v) is 2.71. The van der Waals surface area contributed by atoms with Gasteiger partial charge in [-0.05, 0) is 37.7 Å². The highest BCUT2D eigenvalue weighted by Crippen LogP contribution is 2.34. The van der Waals surface area contributed by atoms with Crippen LogP contribution in [0.5, 0.6) is 11.5 Å². The van der Waals surface area contributed by atoms with E-state index in [1.165, 1.54) is 26.9 Å². The van der Waals surface area contributed by atoms with Crippen LogP contribution >= 0.6 is 12.2 Å². The molecule has 0 bridgehead atoms. The molecule has 0 aromatic heterocycles. The van der Waals surface area contributed by atoms with Crippen LogP contribution in [0.25, 0.3) is 0 Å². The van der Waals surface area contributed by atoms with Crippen LogP contribution in [-0.2, 0) is 4.74 Å². The van der Waals surface area contributed by atoms with Crippen molar-refractivity contribution in [1.29, 1.82) is 0 Å². The summed E-state index contributed by atoms with van der Waals surface area (Å²) < 4.78 is 15.4. The Morgan fingerprint density at radius 1 is 0.923 bits per heavy atom. The predicted octanol–water partition coefficient (Wildman–Crippen LogP) is 3.92. The lowest BCUT2D eigenvalue weighted by molar-refractivity contribution is 0.0601. The van der Waals surface area contributed by atoms with Crippen molar-refractivity contribution in [1.82, 2.24) is 0 Å². The third kappa shape index (κ3) is 4.43. The molecule has 0 aliphatic heterocycles. The number of rotatable bonds is 5. The van der Waals surface area contributed by atoms with Gasteiger partial charge < -0.3 is 24.8 Å². The molecule has 0 radical (unpaired) electrons. The lowest BCUT2D eigenvalue weighted by Gasteiger charge is -2.17. The molecule has 0 atom stereocenters. The standard InChI is InChI=1S/C19H22N2O4S/c1-11-6-7-14(12(2)8-11)20-19(26)21-15-10-17(24-4)16(23-3)9-13(15)18(22)25-5/h6-10H,1-5H3,(H2,20,21,26). The van der Waals surface area contributed by atoms with Gasteiger partial charge in [-0.15, -0.1) is 0 Å². The first-order valence-corrected chi connectivity index (χ1v) is 8.30. The zero-order chi connectivity index (χ0) is 19.3. The molecule has 0 spiro atoms. The average Bonchev–Trinajstić information content (AvgIpc) is 2.62. The van der Waals surface area contributed by atoms with Crippen molar-refractivity contribution in [2.45, 2.75) is 13.8 Å². The van der Waals surface area contributed by atoms with Gasteiger partial charge in [0, 0.05) is 17.8 Å². The first-order chi connectivity index (χ1) is 12.4. The van der Waals surface area contributed by atoms with Crippen LogP contribution in [-0.4, -0.2) is 32.4 Å². The first kappa shape index (κ1) is 19.5. The summed E-state index contributed by atoms with van der Waals surface area (Å²) in [5, 5.41) is 6.50. The van der Waals surface area contributed by atoms with Gasteiger partial charge in [0.2, 0.25) is 0 Å². The maximum absolute atomic E-state index is 12.1. The van der Waals surface area contributed by atoms with Gasteiger partial charge in [-0.1, -0.05) is 17.7 Å². The van der Waals surface area contributed by atoms with Crippen molar-refractivity contribution in [2.24, 2.45) is 0 Å². The Bertz CT molecular complexity index is 837. The van der Waals surface area contributed by atoms with Crippen LogP contribution in [0, 0.1) is 13.8 Å². The smallest absolute Gasteiger partial charge is 0.340 e. The molecule has 0 amide bonds. The number of methoxy groups -OCH3 is 3. The Labute approximate surface area is 158 Å². The number of aryl methyl sites for hydroxylation is 2. The van der Waals surface area contributed by atoms with Crippen molar-refractivity contribution < 1.29 is 19.0 Å². The summed E-state index contributed by atoms with van der Waals surface area (Å²) in [4.78, 5) is 12.1. The van der Waals surface area contributed by atoms with E-state index in [1.54, 1.807) is 12.1 Å². The third-order valence-electron chi connectivity index (χ3n) is 3.81. The van der Waals surface area contributed by atoms with Crippen LogP contribution < -0.4 is 20.1 Å². The summed E-state index contributed by atoms with van der Waals surface area (Å²) in [5.74, 6) is 0.381. The van der Waals surface area contributed by atoms with E-state index in [0.29, 0.717) is 22.3 Å². The number of hydrogen-bond donors (Lipinski definition) is 2. The minimum Gasteiger partial charge on any atom is -0.493 e. The lowest BCUT2D eigenvalue weighted by atomic mass is 10.1.